The van der Waals surface area contributed by atoms with E-state index in [9.17, 15) is 0 Å². The number of rotatable bonds is 9. The third-order valence-corrected chi connectivity index (χ3v) is 5.34. The zero-order valence-corrected chi connectivity index (χ0v) is 15.6. The average molecular weight is 317 g/mol. The lowest BCUT2D eigenvalue weighted by Crippen LogP contribution is -2.33. The SMILES string of the molecule is CCCCN(CCCC)c1ccc(N2CCC(CC)CC2)cc1. The van der Waals surface area contributed by atoms with Gasteiger partial charge in [-0.1, -0.05) is 40.0 Å². The summed E-state index contributed by atoms with van der Waals surface area (Å²) in [4.78, 5) is 5.14. The van der Waals surface area contributed by atoms with E-state index in [1.165, 1.54) is 82.5 Å². The van der Waals surface area contributed by atoms with Crippen molar-refractivity contribution < 1.29 is 0 Å². The van der Waals surface area contributed by atoms with E-state index < -0.39 is 0 Å². The molecule has 1 saturated heterocycles. The van der Waals surface area contributed by atoms with Gasteiger partial charge in [0, 0.05) is 37.6 Å². The minimum atomic E-state index is 0.948. The standard InChI is InChI=1S/C21H36N2/c1-4-7-15-22(16-8-5-2)20-9-11-21(12-10-20)23-17-13-19(6-3)14-18-23/h9-12,19H,4-8,13-18H2,1-3H3. The molecule has 1 fully saturated rings. The van der Waals surface area contributed by atoms with Gasteiger partial charge in [0.2, 0.25) is 0 Å². The molecule has 0 aromatic heterocycles. The highest BCUT2D eigenvalue weighted by Gasteiger charge is 2.18. The smallest absolute Gasteiger partial charge is 0.0367 e. The molecule has 0 saturated carbocycles. The molecule has 2 rings (SSSR count). The first-order chi connectivity index (χ1) is 11.3. The Bertz CT molecular complexity index is 410. The molecule has 0 spiro atoms. The molecular weight excluding hydrogens is 280 g/mol. The Morgan fingerprint density at radius 2 is 1.48 bits per heavy atom. The fourth-order valence-electron chi connectivity index (χ4n) is 3.54. The highest BCUT2D eigenvalue weighted by molar-refractivity contribution is 5.56. The van der Waals surface area contributed by atoms with E-state index in [2.05, 4.69) is 54.8 Å². The summed E-state index contributed by atoms with van der Waals surface area (Å²) in [5, 5.41) is 0. The second-order valence-electron chi connectivity index (χ2n) is 7.05. The van der Waals surface area contributed by atoms with Gasteiger partial charge in [0.05, 0.1) is 0 Å². The van der Waals surface area contributed by atoms with Crippen LogP contribution in [-0.2, 0) is 0 Å². The van der Waals surface area contributed by atoms with Gasteiger partial charge in [0.1, 0.15) is 0 Å². The monoisotopic (exact) mass is 316 g/mol. The molecule has 1 aromatic rings. The van der Waals surface area contributed by atoms with Crippen LogP contribution in [0.4, 0.5) is 11.4 Å². The molecule has 0 aliphatic carbocycles. The number of piperidine rings is 1. The van der Waals surface area contributed by atoms with Crippen LogP contribution >= 0.6 is 0 Å². The quantitative estimate of drug-likeness (QED) is 0.575. The molecule has 1 aromatic carbocycles. The lowest BCUT2D eigenvalue weighted by molar-refractivity contribution is 0.395. The summed E-state index contributed by atoms with van der Waals surface area (Å²) in [6, 6.07) is 9.36. The predicted molar refractivity (Wildman–Crippen MR) is 104 cm³/mol. The predicted octanol–water partition coefficient (Wildman–Crippen LogP) is 5.72. The zero-order chi connectivity index (χ0) is 16.5. The summed E-state index contributed by atoms with van der Waals surface area (Å²) >= 11 is 0. The Kier molecular flexibility index (Phi) is 7.78. The first-order valence-corrected chi connectivity index (χ1v) is 9.88. The Morgan fingerprint density at radius 3 is 1.96 bits per heavy atom. The summed E-state index contributed by atoms with van der Waals surface area (Å²) < 4.78 is 0. The number of hydrogen-bond donors (Lipinski definition) is 0. The van der Waals surface area contributed by atoms with Crippen molar-refractivity contribution in [1.82, 2.24) is 0 Å². The molecule has 0 N–H and O–H groups in total. The molecule has 2 nitrogen and oxygen atoms in total. The number of nitrogens with zero attached hydrogens (tertiary/aromatic N) is 2. The second-order valence-corrected chi connectivity index (χ2v) is 7.05. The third kappa shape index (κ3) is 5.44. The minimum absolute atomic E-state index is 0.948. The van der Waals surface area contributed by atoms with Crippen molar-refractivity contribution in [2.75, 3.05) is 36.0 Å². The molecule has 1 aliphatic rings. The Labute approximate surface area is 143 Å². The van der Waals surface area contributed by atoms with Gasteiger partial charge in [0.25, 0.3) is 0 Å². The maximum Gasteiger partial charge on any atom is 0.0367 e. The van der Waals surface area contributed by atoms with Gasteiger partial charge in [-0.15, -0.1) is 0 Å². The number of benzene rings is 1. The van der Waals surface area contributed by atoms with Gasteiger partial charge < -0.3 is 9.80 Å². The Balaban J connectivity index is 1.96. The van der Waals surface area contributed by atoms with Crippen LogP contribution in [0.2, 0.25) is 0 Å². The van der Waals surface area contributed by atoms with E-state index in [0.29, 0.717) is 0 Å². The van der Waals surface area contributed by atoms with E-state index >= 15 is 0 Å². The normalized spacial score (nSPS) is 15.9. The lowest BCUT2D eigenvalue weighted by atomic mass is 9.94. The van der Waals surface area contributed by atoms with Crippen LogP contribution in [0, 0.1) is 5.92 Å². The zero-order valence-electron chi connectivity index (χ0n) is 15.6. The van der Waals surface area contributed by atoms with E-state index in [-0.39, 0.29) is 0 Å². The van der Waals surface area contributed by atoms with E-state index in [1.54, 1.807) is 0 Å². The average Bonchev–Trinajstić information content (AvgIpc) is 2.62. The van der Waals surface area contributed by atoms with Gasteiger partial charge in [-0.2, -0.15) is 0 Å². The van der Waals surface area contributed by atoms with Gasteiger partial charge in [-0.3, -0.25) is 0 Å². The van der Waals surface area contributed by atoms with Crippen LogP contribution in [0.25, 0.3) is 0 Å². The molecule has 2 heteroatoms. The van der Waals surface area contributed by atoms with Crippen molar-refractivity contribution in [1.29, 1.82) is 0 Å². The molecule has 0 atom stereocenters. The Hall–Kier alpha value is -1.18. The van der Waals surface area contributed by atoms with Crippen LogP contribution in [0.5, 0.6) is 0 Å². The molecule has 130 valence electrons. The maximum absolute atomic E-state index is 2.57. The largest absolute Gasteiger partial charge is 0.372 e. The highest BCUT2D eigenvalue weighted by atomic mass is 15.1. The molecule has 0 radical (unpaired) electrons. The van der Waals surface area contributed by atoms with Crippen LogP contribution in [0.3, 0.4) is 0 Å². The molecule has 0 unspecified atom stereocenters. The highest BCUT2D eigenvalue weighted by Crippen LogP contribution is 2.27. The van der Waals surface area contributed by atoms with Gasteiger partial charge in [-0.05, 0) is 55.9 Å². The van der Waals surface area contributed by atoms with Crippen LogP contribution in [0.15, 0.2) is 24.3 Å². The molecular formula is C21H36N2. The van der Waals surface area contributed by atoms with Crippen molar-refractivity contribution >= 4 is 11.4 Å². The maximum atomic E-state index is 2.57. The fraction of sp³-hybridized carbons (Fsp3) is 0.714. The molecule has 0 amide bonds. The van der Waals surface area contributed by atoms with E-state index in [1.807, 2.05) is 0 Å². The lowest BCUT2D eigenvalue weighted by Gasteiger charge is -2.33. The first kappa shape index (κ1) is 18.2. The topological polar surface area (TPSA) is 6.48 Å². The van der Waals surface area contributed by atoms with Gasteiger partial charge >= 0.3 is 0 Å². The van der Waals surface area contributed by atoms with Crippen LogP contribution < -0.4 is 9.80 Å². The summed E-state index contributed by atoms with van der Waals surface area (Å²) in [5.41, 5.74) is 2.81. The summed E-state index contributed by atoms with van der Waals surface area (Å²) in [6.45, 7) is 11.7. The van der Waals surface area contributed by atoms with Crippen molar-refractivity contribution in [3.63, 3.8) is 0 Å². The number of unbranched alkanes of at least 4 members (excludes halogenated alkanes) is 2. The van der Waals surface area contributed by atoms with Crippen molar-refractivity contribution in [2.45, 2.75) is 65.7 Å². The molecule has 1 aliphatic heterocycles. The minimum Gasteiger partial charge on any atom is -0.372 e. The van der Waals surface area contributed by atoms with Gasteiger partial charge in [-0.25, -0.2) is 0 Å². The summed E-state index contributed by atoms with van der Waals surface area (Å²) in [5.74, 6) is 0.948. The van der Waals surface area contributed by atoms with Gasteiger partial charge in [0.15, 0.2) is 0 Å². The third-order valence-electron chi connectivity index (χ3n) is 5.34. The van der Waals surface area contributed by atoms with Crippen molar-refractivity contribution in [3.05, 3.63) is 24.3 Å². The summed E-state index contributed by atoms with van der Waals surface area (Å²) in [6.07, 6.45) is 9.18. The second kappa shape index (κ2) is 9.85. The van der Waals surface area contributed by atoms with Crippen molar-refractivity contribution in [2.24, 2.45) is 5.92 Å². The molecule has 0 bridgehead atoms. The van der Waals surface area contributed by atoms with Crippen molar-refractivity contribution in [3.8, 4) is 0 Å². The molecule has 1 heterocycles. The van der Waals surface area contributed by atoms with E-state index in [0.717, 1.165) is 5.92 Å². The fourth-order valence-corrected chi connectivity index (χ4v) is 3.54. The molecule has 23 heavy (non-hydrogen) atoms. The number of anilines is 2. The van der Waals surface area contributed by atoms with E-state index in [4.69, 9.17) is 0 Å². The van der Waals surface area contributed by atoms with Crippen LogP contribution in [-0.4, -0.2) is 26.2 Å². The van der Waals surface area contributed by atoms with Crippen LogP contribution in [0.1, 0.15) is 65.7 Å². The summed E-state index contributed by atoms with van der Waals surface area (Å²) in [7, 11) is 0. The first-order valence-electron chi connectivity index (χ1n) is 9.88. The number of hydrogen-bond acceptors (Lipinski definition) is 2. The Morgan fingerprint density at radius 1 is 0.913 bits per heavy atom.